The second-order valence-electron chi connectivity index (χ2n) is 7.07. The minimum Gasteiger partial charge on any atom is -0.462 e. The third-order valence-corrected chi connectivity index (χ3v) is 5.72. The number of ether oxygens (including phenoxy) is 2. The molecule has 2 aromatic rings. The van der Waals surface area contributed by atoms with Gasteiger partial charge >= 0.3 is 12.3 Å². The molecular weight excluding hydrogens is 419 g/mol. The number of halogens is 3. The van der Waals surface area contributed by atoms with E-state index in [1.165, 1.54) is 35.6 Å². The van der Waals surface area contributed by atoms with Crippen molar-refractivity contribution < 1.29 is 32.2 Å². The highest BCUT2D eigenvalue weighted by Gasteiger charge is 2.31. The summed E-state index contributed by atoms with van der Waals surface area (Å²) in [6.07, 6.45) is -1.49. The molecule has 1 aromatic heterocycles. The molecule has 0 radical (unpaired) electrons. The molecule has 1 aliphatic carbocycles. The van der Waals surface area contributed by atoms with Crippen LogP contribution in [0, 0.1) is 0 Å². The van der Waals surface area contributed by atoms with Gasteiger partial charge in [0.05, 0.1) is 4.88 Å². The normalized spacial score (nSPS) is 19.2. The number of benzene rings is 1. The number of carbonyl (C=O) groups is 2. The summed E-state index contributed by atoms with van der Waals surface area (Å²) in [5, 5.41) is 4.77. The van der Waals surface area contributed by atoms with Crippen LogP contribution in [0.4, 0.5) is 13.2 Å². The van der Waals surface area contributed by atoms with Crippen LogP contribution >= 0.6 is 11.3 Å². The van der Waals surface area contributed by atoms with Gasteiger partial charge in [0.15, 0.2) is 0 Å². The predicted octanol–water partition coefficient (Wildman–Crippen LogP) is 5.31. The Balaban J connectivity index is 1.59. The van der Waals surface area contributed by atoms with Crippen LogP contribution in [0.5, 0.6) is 5.75 Å². The SMILES string of the molecule is CCC(=O)OC1CCCC(NC(=O)c2cc(-c3ccc(OC(F)(F)F)cc3)cs2)C1. The Bertz CT molecular complexity index is 879. The average molecular weight is 441 g/mol. The zero-order valence-electron chi connectivity index (χ0n) is 16.3. The maximum atomic E-state index is 12.6. The summed E-state index contributed by atoms with van der Waals surface area (Å²) in [4.78, 5) is 24.6. The van der Waals surface area contributed by atoms with Gasteiger partial charge in [-0.25, -0.2) is 0 Å². The lowest BCUT2D eigenvalue weighted by molar-refractivity contribution is -0.274. The van der Waals surface area contributed by atoms with Crippen LogP contribution in [0.3, 0.4) is 0 Å². The Kier molecular flexibility index (Phi) is 7.02. The van der Waals surface area contributed by atoms with Crippen molar-refractivity contribution >= 4 is 23.2 Å². The lowest BCUT2D eigenvalue weighted by atomic mass is 9.92. The molecule has 0 aliphatic heterocycles. The van der Waals surface area contributed by atoms with E-state index in [1.54, 1.807) is 18.4 Å². The second kappa shape index (κ2) is 9.51. The molecule has 1 N–H and O–H groups in total. The van der Waals surface area contributed by atoms with E-state index in [1.807, 2.05) is 0 Å². The molecule has 1 fully saturated rings. The fourth-order valence-corrected chi connectivity index (χ4v) is 4.18. The molecule has 0 bridgehead atoms. The van der Waals surface area contributed by atoms with Crippen molar-refractivity contribution in [3.05, 3.63) is 40.6 Å². The molecule has 9 heteroatoms. The van der Waals surface area contributed by atoms with E-state index < -0.39 is 6.36 Å². The van der Waals surface area contributed by atoms with E-state index in [0.717, 1.165) is 24.8 Å². The van der Waals surface area contributed by atoms with Crippen LogP contribution in [-0.4, -0.2) is 30.4 Å². The van der Waals surface area contributed by atoms with Crippen LogP contribution < -0.4 is 10.1 Å². The van der Waals surface area contributed by atoms with Crippen LogP contribution in [0.25, 0.3) is 11.1 Å². The lowest BCUT2D eigenvalue weighted by Gasteiger charge is -2.29. The van der Waals surface area contributed by atoms with Crippen LogP contribution in [0.2, 0.25) is 0 Å². The Morgan fingerprint density at radius 2 is 1.90 bits per heavy atom. The van der Waals surface area contributed by atoms with E-state index in [-0.39, 0.29) is 29.8 Å². The molecular formula is C21H22F3NO4S. The fourth-order valence-electron chi connectivity index (χ4n) is 3.36. The van der Waals surface area contributed by atoms with Crippen molar-refractivity contribution in [3.8, 4) is 16.9 Å². The molecule has 5 nitrogen and oxygen atoms in total. The molecule has 1 heterocycles. The van der Waals surface area contributed by atoms with E-state index in [2.05, 4.69) is 10.1 Å². The summed E-state index contributed by atoms with van der Waals surface area (Å²) in [6.45, 7) is 1.75. The van der Waals surface area contributed by atoms with Gasteiger partial charge in [-0.15, -0.1) is 24.5 Å². The topological polar surface area (TPSA) is 64.6 Å². The summed E-state index contributed by atoms with van der Waals surface area (Å²) in [6, 6.07) is 7.14. The van der Waals surface area contributed by atoms with Crippen LogP contribution in [-0.2, 0) is 9.53 Å². The fraction of sp³-hybridized carbons (Fsp3) is 0.429. The summed E-state index contributed by atoms with van der Waals surface area (Å²) in [7, 11) is 0. The van der Waals surface area contributed by atoms with Crippen molar-refractivity contribution in [3.63, 3.8) is 0 Å². The van der Waals surface area contributed by atoms with Gasteiger partial charge in [0, 0.05) is 18.9 Å². The molecule has 1 amide bonds. The molecule has 2 atom stereocenters. The van der Waals surface area contributed by atoms with Crippen molar-refractivity contribution in [2.24, 2.45) is 0 Å². The predicted molar refractivity (Wildman–Crippen MR) is 106 cm³/mol. The first kappa shape index (κ1) is 22.1. The Hall–Kier alpha value is -2.55. The van der Waals surface area contributed by atoms with Gasteiger partial charge in [0.25, 0.3) is 5.91 Å². The minimum atomic E-state index is -4.73. The van der Waals surface area contributed by atoms with Gasteiger partial charge in [0.1, 0.15) is 11.9 Å². The molecule has 1 aliphatic rings. The van der Waals surface area contributed by atoms with Gasteiger partial charge in [-0.3, -0.25) is 9.59 Å². The van der Waals surface area contributed by atoms with Gasteiger partial charge in [-0.2, -0.15) is 0 Å². The number of hydrogen-bond donors (Lipinski definition) is 1. The minimum absolute atomic E-state index is 0.0646. The number of nitrogens with one attached hydrogen (secondary N) is 1. The first-order valence-corrected chi connectivity index (χ1v) is 10.6. The summed E-state index contributed by atoms with van der Waals surface area (Å²) in [5.74, 6) is -0.743. The van der Waals surface area contributed by atoms with E-state index in [0.29, 0.717) is 23.3 Å². The largest absolute Gasteiger partial charge is 0.573 e. The molecule has 3 rings (SSSR count). The highest BCUT2D eigenvalue weighted by Crippen LogP contribution is 2.30. The van der Waals surface area contributed by atoms with E-state index in [4.69, 9.17) is 4.74 Å². The highest BCUT2D eigenvalue weighted by atomic mass is 32.1. The molecule has 162 valence electrons. The zero-order valence-corrected chi connectivity index (χ0v) is 17.1. The van der Waals surface area contributed by atoms with Crippen LogP contribution in [0.1, 0.15) is 48.7 Å². The average Bonchev–Trinajstić information content (AvgIpc) is 3.18. The number of hydrogen-bond acceptors (Lipinski definition) is 5. The maximum absolute atomic E-state index is 12.6. The third-order valence-electron chi connectivity index (χ3n) is 4.79. The quantitative estimate of drug-likeness (QED) is 0.618. The highest BCUT2D eigenvalue weighted by molar-refractivity contribution is 7.12. The Morgan fingerprint density at radius 1 is 1.17 bits per heavy atom. The van der Waals surface area contributed by atoms with E-state index in [9.17, 15) is 22.8 Å². The van der Waals surface area contributed by atoms with Crippen molar-refractivity contribution in [2.45, 2.75) is 57.5 Å². The molecule has 1 saturated carbocycles. The van der Waals surface area contributed by atoms with Crippen molar-refractivity contribution in [1.82, 2.24) is 5.32 Å². The molecule has 2 unspecified atom stereocenters. The van der Waals surface area contributed by atoms with Crippen LogP contribution in [0.15, 0.2) is 35.7 Å². The zero-order chi connectivity index (χ0) is 21.7. The number of thiophene rings is 1. The van der Waals surface area contributed by atoms with Crippen molar-refractivity contribution in [1.29, 1.82) is 0 Å². The smallest absolute Gasteiger partial charge is 0.462 e. The van der Waals surface area contributed by atoms with Gasteiger partial charge < -0.3 is 14.8 Å². The number of carbonyl (C=O) groups excluding carboxylic acids is 2. The first-order valence-electron chi connectivity index (χ1n) is 9.68. The second-order valence-corrected chi connectivity index (χ2v) is 7.99. The number of amides is 1. The van der Waals surface area contributed by atoms with Crippen molar-refractivity contribution in [2.75, 3.05) is 0 Å². The maximum Gasteiger partial charge on any atom is 0.573 e. The third kappa shape index (κ3) is 6.22. The first-order chi connectivity index (χ1) is 14.2. The summed E-state index contributed by atoms with van der Waals surface area (Å²) < 4.78 is 46.1. The lowest BCUT2D eigenvalue weighted by Crippen LogP contribution is -2.40. The summed E-state index contributed by atoms with van der Waals surface area (Å²) >= 11 is 1.26. The molecule has 0 spiro atoms. The van der Waals surface area contributed by atoms with Gasteiger partial charge in [-0.05, 0) is 54.0 Å². The summed E-state index contributed by atoms with van der Waals surface area (Å²) in [5.41, 5.74) is 1.42. The number of rotatable bonds is 6. The molecule has 30 heavy (non-hydrogen) atoms. The molecule has 0 saturated heterocycles. The number of alkyl halides is 3. The molecule has 1 aromatic carbocycles. The van der Waals surface area contributed by atoms with Gasteiger partial charge in [0.2, 0.25) is 0 Å². The van der Waals surface area contributed by atoms with Gasteiger partial charge in [-0.1, -0.05) is 19.1 Å². The number of esters is 1. The standard InChI is InChI=1S/C21H22F3NO4S/c1-2-19(26)28-17-5-3-4-15(11-17)25-20(27)18-10-14(12-30-18)13-6-8-16(9-7-13)29-21(22,23)24/h6-10,12,15,17H,2-5,11H2,1H3,(H,25,27). The van der Waals surface area contributed by atoms with E-state index >= 15 is 0 Å². The monoisotopic (exact) mass is 441 g/mol. The Morgan fingerprint density at radius 3 is 2.57 bits per heavy atom. The Labute approximate surface area is 176 Å².